The van der Waals surface area contributed by atoms with Gasteiger partial charge in [-0.25, -0.2) is 9.59 Å². The van der Waals surface area contributed by atoms with Crippen molar-refractivity contribution in [3.05, 3.63) is 102 Å². The smallest absolute Gasteiger partial charge is 0.338 e. The summed E-state index contributed by atoms with van der Waals surface area (Å²) in [5, 5.41) is 5.68. The van der Waals surface area contributed by atoms with Gasteiger partial charge in [-0.1, -0.05) is 66.7 Å². The Labute approximate surface area is 177 Å². The molecule has 0 saturated carbocycles. The van der Waals surface area contributed by atoms with Gasteiger partial charge in [-0.3, -0.25) is 0 Å². The van der Waals surface area contributed by atoms with E-state index >= 15 is 0 Å². The Hall–Kier alpha value is -3.60. The van der Waals surface area contributed by atoms with Crippen molar-refractivity contribution in [1.82, 2.24) is 5.32 Å². The van der Waals surface area contributed by atoms with Gasteiger partial charge in [0.1, 0.15) is 0 Å². The Morgan fingerprint density at radius 3 is 2.10 bits per heavy atom. The van der Waals surface area contributed by atoms with Gasteiger partial charge in [0.05, 0.1) is 12.2 Å². The van der Waals surface area contributed by atoms with E-state index in [-0.39, 0.29) is 11.9 Å². The van der Waals surface area contributed by atoms with Crippen molar-refractivity contribution < 1.29 is 14.3 Å². The van der Waals surface area contributed by atoms with Crippen LogP contribution >= 0.6 is 0 Å². The van der Waals surface area contributed by atoms with Crippen LogP contribution in [0.25, 0.3) is 0 Å². The minimum Gasteiger partial charge on any atom is -0.462 e. The van der Waals surface area contributed by atoms with Gasteiger partial charge in [0.2, 0.25) is 0 Å². The van der Waals surface area contributed by atoms with Gasteiger partial charge >= 0.3 is 12.0 Å². The normalized spacial score (nSPS) is 10.5. The molecule has 5 heteroatoms. The molecule has 0 bridgehead atoms. The molecule has 2 amide bonds. The van der Waals surface area contributed by atoms with Gasteiger partial charge in [-0.2, -0.15) is 0 Å². The molecule has 3 aromatic rings. The number of hydrogen-bond donors (Lipinski definition) is 2. The van der Waals surface area contributed by atoms with Crippen LogP contribution in [0.15, 0.2) is 84.9 Å². The van der Waals surface area contributed by atoms with Crippen molar-refractivity contribution in [3.63, 3.8) is 0 Å². The molecule has 0 fully saturated rings. The molecular weight excluding hydrogens is 376 g/mol. The lowest BCUT2D eigenvalue weighted by atomic mass is 9.88. The molecule has 0 aliphatic heterocycles. The quantitative estimate of drug-likeness (QED) is 0.509. The summed E-state index contributed by atoms with van der Waals surface area (Å²) in [7, 11) is 0. The van der Waals surface area contributed by atoms with Crippen LogP contribution in [0.2, 0.25) is 0 Å². The lowest BCUT2D eigenvalue weighted by molar-refractivity contribution is 0.0526. The summed E-state index contributed by atoms with van der Waals surface area (Å²) < 4.78 is 5.00. The van der Waals surface area contributed by atoms with Crippen LogP contribution in [-0.4, -0.2) is 25.2 Å². The molecule has 5 nitrogen and oxygen atoms in total. The van der Waals surface area contributed by atoms with E-state index in [4.69, 9.17) is 4.74 Å². The topological polar surface area (TPSA) is 67.4 Å². The van der Waals surface area contributed by atoms with Crippen molar-refractivity contribution in [2.75, 3.05) is 18.5 Å². The van der Waals surface area contributed by atoms with Gasteiger partial charge in [0.25, 0.3) is 0 Å². The number of benzene rings is 3. The Morgan fingerprint density at radius 1 is 0.867 bits per heavy atom. The maximum absolute atomic E-state index is 12.3. The maximum atomic E-state index is 12.3. The number of urea groups is 1. The molecule has 0 radical (unpaired) electrons. The van der Waals surface area contributed by atoms with Gasteiger partial charge in [0.15, 0.2) is 0 Å². The van der Waals surface area contributed by atoms with Crippen LogP contribution in [0, 0.1) is 0 Å². The zero-order valence-electron chi connectivity index (χ0n) is 17.0. The molecule has 0 aliphatic carbocycles. The molecule has 2 N–H and O–H groups in total. The largest absolute Gasteiger partial charge is 0.462 e. The van der Waals surface area contributed by atoms with Crippen LogP contribution in [0.1, 0.15) is 40.7 Å². The maximum Gasteiger partial charge on any atom is 0.338 e. The van der Waals surface area contributed by atoms with E-state index in [1.54, 1.807) is 31.2 Å². The molecule has 0 atom stereocenters. The molecular formula is C25H26N2O3. The highest BCUT2D eigenvalue weighted by molar-refractivity contribution is 5.93. The average Bonchev–Trinajstić information content (AvgIpc) is 2.78. The molecule has 0 spiro atoms. The van der Waals surface area contributed by atoms with Gasteiger partial charge in [-0.15, -0.1) is 0 Å². The van der Waals surface area contributed by atoms with Crippen LogP contribution in [0.5, 0.6) is 0 Å². The van der Waals surface area contributed by atoms with E-state index in [1.165, 1.54) is 11.1 Å². The predicted molar refractivity (Wildman–Crippen MR) is 119 cm³/mol. The van der Waals surface area contributed by atoms with E-state index in [1.807, 2.05) is 36.4 Å². The van der Waals surface area contributed by atoms with E-state index in [2.05, 4.69) is 34.9 Å². The zero-order valence-corrected chi connectivity index (χ0v) is 17.0. The lowest BCUT2D eigenvalue weighted by Crippen LogP contribution is -2.30. The number of rotatable bonds is 8. The molecule has 0 saturated heterocycles. The van der Waals surface area contributed by atoms with Crippen molar-refractivity contribution in [3.8, 4) is 0 Å². The van der Waals surface area contributed by atoms with Crippen molar-refractivity contribution in [2.24, 2.45) is 0 Å². The number of hydrogen-bond acceptors (Lipinski definition) is 3. The van der Waals surface area contributed by atoms with Gasteiger partial charge < -0.3 is 15.4 Å². The van der Waals surface area contributed by atoms with Crippen molar-refractivity contribution in [2.45, 2.75) is 19.3 Å². The first kappa shape index (κ1) is 21.1. The third-order valence-electron chi connectivity index (χ3n) is 4.75. The first-order chi connectivity index (χ1) is 14.7. The second-order valence-corrected chi connectivity index (χ2v) is 6.84. The number of carbonyl (C=O) groups is 2. The molecule has 30 heavy (non-hydrogen) atoms. The molecule has 3 rings (SSSR count). The average molecular weight is 402 g/mol. The van der Waals surface area contributed by atoms with Crippen LogP contribution in [0.4, 0.5) is 10.5 Å². The highest BCUT2D eigenvalue weighted by Crippen LogP contribution is 2.27. The highest BCUT2D eigenvalue weighted by Gasteiger charge is 2.14. The zero-order chi connectivity index (χ0) is 21.2. The predicted octanol–water partition coefficient (Wildman–Crippen LogP) is 5.21. The SMILES string of the molecule is CCOC(=O)c1cccc(NC(=O)NCCC(c2ccccc2)c2ccccc2)c1. The number of nitrogens with one attached hydrogen (secondary N) is 2. The second-order valence-electron chi connectivity index (χ2n) is 6.84. The molecule has 154 valence electrons. The molecule has 0 aromatic heterocycles. The minimum absolute atomic E-state index is 0.194. The summed E-state index contributed by atoms with van der Waals surface area (Å²) in [6.07, 6.45) is 0.768. The number of carbonyl (C=O) groups excluding carboxylic acids is 2. The third-order valence-corrected chi connectivity index (χ3v) is 4.75. The summed E-state index contributed by atoms with van der Waals surface area (Å²) in [6, 6.07) is 27.0. The van der Waals surface area contributed by atoms with E-state index < -0.39 is 5.97 Å². The number of esters is 1. The molecule has 0 heterocycles. The standard InChI is InChI=1S/C25H26N2O3/c1-2-30-24(28)21-14-9-15-22(18-21)27-25(29)26-17-16-23(19-10-5-3-6-11-19)20-12-7-4-8-13-20/h3-15,18,23H,2,16-17H2,1H3,(H2,26,27,29). The summed E-state index contributed by atoms with van der Waals surface area (Å²) in [6.45, 7) is 2.57. The van der Waals surface area contributed by atoms with E-state index in [0.29, 0.717) is 24.4 Å². The van der Waals surface area contributed by atoms with Crippen molar-refractivity contribution in [1.29, 1.82) is 0 Å². The summed E-state index contributed by atoms with van der Waals surface area (Å²) in [4.78, 5) is 24.2. The van der Waals surface area contributed by atoms with E-state index in [9.17, 15) is 9.59 Å². The molecule has 3 aromatic carbocycles. The fourth-order valence-corrected chi connectivity index (χ4v) is 3.34. The first-order valence-electron chi connectivity index (χ1n) is 10.1. The minimum atomic E-state index is -0.407. The number of ether oxygens (including phenoxy) is 1. The van der Waals surface area contributed by atoms with E-state index in [0.717, 1.165) is 6.42 Å². The Balaban J connectivity index is 1.58. The Bertz CT molecular complexity index is 919. The fourth-order valence-electron chi connectivity index (χ4n) is 3.34. The third kappa shape index (κ3) is 5.95. The number of anilines is 1. The first-order valence-corrected chi connectivity index (χ1v) is 10.1. The Morgan fingerprint density at radius 2 is 1.50 bits per heavy atom. The summed E-state index contributed by atoms with van der Waals surface area (Å²) in [5.74, 6) is -0.213. The Kier molecular flexibility index (Phi) is 7.61. The lowest BCUT2D eigenvalue weighted by Gasteiger charge is -2.18. The highest BCUT2D eigenvalue weighted by atomic mass is 16.5. The monoisotopic (exact) mass is 402 g/mol. The van der Waals surface area contributed by atoms with Gasteiger partial charge in [0, 0.05) is 18.2 Å². The number of amides is 2. The fraction of sp³-hybridized carbons (Fsp3) is 0.200. The van der Waals surface area contributed by atoms with Gasteiger partial charge in [-0.05, 0) is 42.7 Å². The summed E-state index contributed by atoms with van der Waals surface area (Å²) >= 11 is 0. The van der Waals surface area contributed by atoms with Crippen LogP contribution in [-0.2, 0) is 4.74 Å². The summed E-state index contributed by atoms with van der Waals surface area (Å²) in [5.41, 5.74) is 3.38. The van der Waals surface area contributed by atoms with Crippen LogP contribution in [0.3, 0.4) is 0 Å². The van der Waals surface area contributed by atoms with Crippen molar-refractivity contribution >= 4 is 17.7 Å². The second kappa shape index (κ2) is 10.8. The molecule has 0 aliphatic rings. The molecule has 0 unspecified atom stereocenters. The van der Waals surface area contributed by atoms with Crippen LogP contribution < -0.4 is 10.6 Å².